The summed E-state index contributed by atoms with van der Waals surface area (Å²) in [6.45, 7) is 3.49. The Morgan fingerprint density at radius 1 is 1.41 bits per heavy atom. The normalized spacial score (nSPS) is 14.6. The Bertz CT molecular complexity index is 386. The molecule has 3 nitrogen and oxygen atoms in total. The molecule has 1 saturated carbocycles. The maximum absolute atomic E-state index is 11.6. The van der Waals surface area contributed by atoms with Crippen molar-refractivity contribution in [3.63, 3.8) is 0 Å². The van der Waals surface area contributed by atoms with Crippen LogP contribution in [0.1, 0.15) is 30.4 Å². The topological polar surface area (TPSA) is 41.1 Å². The molecule has 3 heteroatoms. The Kier molecular flexibility index (Phi) is 4.15. The molecule has 1 amide bonds. The summed E-state index contributed by atoms with van der Waals surface area (Å²) in [7, 11) is 0. The van der Waals surface area contributed by atoms with Gasteiger partial charge in [0.05, 0.1) is 0 Å². The summed E-state index contributed by atoms with van der Waals surface area (Å²) in [5, 5.41) is 6.28. The molecule has 0 spiro atoms. The molecule has 1 aromatic carbocycles. The predicted molar refractivity (Wildman–Crippen MR) is 68.7 cm³/mol. The fraction of sp³-hybridized carbons (Fsp3) is 0.500. The average Bonchev–Trinajstić information content (AvgIpc) is 3.11. The monoisotopic (exact) mass is 232 g/mol. The first-order chi connectivity index (χ1) is 8.24. The lowest BCUT2D eigenvalue weighted by Gasteiger charge is -2.06. The summed E-state index contributed by atoms with van der Waals surface area (Å²) in [6, 6.07) is 8.90. The van der Waals surface area contributed by atoms with Gasteiger partial charge in [-0.15, -0.1) is 0 Å². The number of aryl methyl sites for hydroxylation is 1. The van der Waals surface area contributed by atoms with Crippen molar-refractivity contribution in [1.82, 2.24) is 10.6 Å². The smallest absolute Gasteiger partial charge is 0.221 e. The van der Waals surface area contributed by atoms with Gasteiger partial charge in [0.2, 0.25) is 5.91 Å². The largest absolute Gasteiger partial charge is 0.352 e. The molecule has 1 fully saturated rings. The number of carbonyl (C=O) groups excluding carboxylic acids is 1. The van der Waals surface area contributed by atoms with Crippen LogP contribution >= 0.6 is 0 Å². The van der Waals surface area contributed by atoms with Gasteiger partial charge in [0.25, 0.3) is 0 Å². The minimum atomic E-state index is 0.125. The van der Waals surface area contributed by atoms with Crippen LogP contribution < -0.4 is 10.6 Å². The molecule has 1 aromatic rings. The first kappa shape index (κ1) is 12.1. The van der Waals surface area contributed by atoms with Gasteiger partial charge in [-0.05, 0) is 25.3 Å². The second kappa shape index (κ2) is 5.82. The minimum Gasteiger partial charge on any atom is -0.352 e. The van der Waals surface area contributed by atoms with Crippen LogP contribution in [-0.2, 0) is 11.3 Å². The van der Waals surface area contributed by atoms with Crippen LogP contribution in [0.5, 0.6) is 0 Å². The third-order valence-electron chi connectivity index (χ3n) is 2.93. The zero-order valence-corrected chi connectivity index (χ0v) is 10.3. The standard InChI is InChI=1S/C14H20N2O/c1-11-3-2-4-12(9-11)10-16-14(17)7-8-15-13-5-6-13/h2-4,9,13,15H,5-8,10H2,1H3,(H,16,17). The second-order valence-electron chi connectivity index (χ2n) is 4.74. The maximum Gasteiger partial charge on any atom is 0.221 e. The molecule has 0 heterocycles. The number of amides is 1. The van der Waals surface area contributed by atoms with E-state index in [2.05, 4.69) is 29.7 Å². The van der Waals surface area contributed by atoms with Crippen LogP contribution in [0.2, 0.25) is 0 Å². The molecular weight excluding hydrogens is 212 g/mol. The van der Waals surface area contributed by atoms with Gasteiger partial charge in [-0.1, -0.05) is 29.8 Å². The van der Waals surface area contributed by atoms with E-state index in [1.807, 2.05) is 12.1 Å². The van der Waals surface area contributed by atoms with Crippen molar-refractivity contribution in [1.29, 1.82) is 0 Å². The first-order valence-electron chi connectivity index (χ1n) is 6.29. The maximum atomic E-state index is 11.6. The van der Waals surface area contributed by atoms with Gasteiger partial charge >= 0.3 is 0 Å². The molecule has 0 saturated heterocycles. The van der Waals surface area contributed by atoms with Crippen LogP contribution in [-0.4, -0.2) is 18.5 Å². The lowest BCUT2D eigenvalue weighted by Crippen LogP contribution is -2.28. The first-order valence-corrected chi connectivity index (χ1v) is 6.29. The Balaban J connectivity index is 1.64. The summed E-state index contributed by atoms with van der Waals surface area (Å²) < 4.78 is 0. The quantitative estimate of drug-likeness (QED) is 0.784. The molecular formula is C14H20N2O. The summed E-state index contributed by atoms with van der Waals surface area (Å²) >= 11 is 0. The van der Waals surface area contributed by atoms with Crippen LogP contribution in [0.4, 0.5) is 0 Å². The molecule has 17 heavy (non-hydrogen) atoms. The van der Waals surface area contributed by atoms with E-state index >= 15 is 0 Å². The number of hydrogen-bond donors (Lipinski definition) is 2. The van der Waals surface area contributed by atoms with Gasteiger partial charge in [-0.2, -0.15) is 0 Å². The molecule has 1 aliphatic rings. The zero-order chi connectivity index (χ0) is 12.1. The Hall–Kier alpha value is -1.35. The number of benzene rings is 1. The number of nitrogens with one attached hydrogen (secondary N) is 2. The fourth-order valence-corrected chi connectivity index (χ4v) is 1.79. The molecule has 0 aliphatic heterocycles. The third-order valence-corrected chi connectivity index (χ3v) is 2.93. The molecule has 92 valence electrons. The van der Waals surface area contributed by atoms with Crippen molar-refractivity contribution in [3.8, 4) is 0 Å². The lowest BCUT2D eigenvalue weighted by atomic mass is 10.1. The summed E-state index contributed by atoms with van der Waals surface area (Å²) in [4.78, 5) is 11.6. The molecule has 0 unspecified atom stereocenters. The van der Waals surface area contributed by atoms with Crippen LogP contribution in [0, 0.1) is 6.92 Å². The molecule has 0 aromatic heterocycles. The van der Waals surface area contributed by atoms with Gasteiger partial charge in [0.15, 0.2) is 0 Å². The zero-order valence-electron chi connectivity index (χ0n) is 10.3. The summed E-state index contributed by atoms with van der Waals surface area (Å²) in [5.41, 5.74) is 2.39. The highest BCUT2D eigenvalue weighted by molar-refractivity contribution is 5.76. The van der Waals surface area contributed by atoms with E-state index in [4.69, 9.17) is 0 Å². The van der Waals surface area contributed by atoms with Gasteiger partial charge < -0.3 is 10.6 Å². The highest BCUT2D eigenvalue weighted by Gasteiger charge is 2.19. The van der Waals surface area contributed by atoms with Crippen molar-refractivity contribution >= 4 is 5.91 Å². The Morgan fingerprint density at radius 2 is 2.24 bits per heavy atom. The van der Waals surface area contributed by atoms with Crippen LogP contribution in [0.3, 0.4) is 0 Å². The van der Waals surface area contributed by atoms with Crippen molar-refractivity contribution in [2.45, 2.75) is 38.8 Å². The predicted octanol–water partition coefficient (Wildman–Crippen LogP) is 1.75. The second-order valence-corrected chi connectivity index (χ2v) is 4.74. The van der Waals surface area contributed by atoms with Gasteiger partial charge in [0.1, 0.15) is 0 Å². The number of hydrogen-bond acceptors (Lipinski definition) is 2. The SMILES string of the molecule is Cc1cccc(CNC(=O)CCNC2CC2)c1. The molecule has 2 rings (SSSR count). The number of carbonyl (C=O) groups is 1. The van der Waals surface area contributed by atoms with Gasteiger partial charge in [-0.3, -0.25) is 4.79 Å². The van der Waals surface area contributed by atoms with E-state index in [0.717, 1.165) is 12.1 Å². The van der Waals surface area contributed by atoms with Crippen LogP contribution in [0.15, 0.2) is 24.3 Å². The van der Waals surface area contributed by atoms with E-state index in [1.54, 1.807) is 0 Å². The van der Waals surface area contributed by atoms with E-state index in [1.165, 1.54) is 18.4 Å². The fourth-order valence-electron chi connectivity index (χ4n) is 1.79. The van der Waals surface area contributed by atoms with Crippen molar-refractivity contribution < 1.29 is 4.79 Å². The van der Waals surface area contributed by atoms with Crippen LogP contribution in [0.25, 0.3) is 0 Å². The highest BCUT2D eigenvalue weighted by Crippen LogP contribution is 2.18. The van der Waals surface area contributed by atoms with E-state index < -0.39 is 0 Å². The lowest BCUT2D eigenvalue weighted by molar-refractivity contribution is -0.121. The van der Waals surface area contributed by atoms with Gasteiger partial charge in [-0.25, -0.2) is 0 Å². The summed E-state index contributed by atoms with van der Waals surface area (Å²) in [6.07, 6.45) is 3.11. The molecule has 1 aliphatic carbocycles. The third kappa shape index (κ3) is 4.57. The van der Waals surface area contributed by atoms with Crippen molar-refractivity contribution in [2.24, 2.45) is 0 Å². The van der Waals surface area contributed by atoms with E-state index in [-0.39, 0.29) is 5.91 Å². The van der Waals surface area contributed by atoms with Crippen molar-refractivity contribution in [2.75, 3.05) is 6.54 Å². The van der Waals surface area contributed by atoms with E-state index in [0.29, 0.717) is 19.0 Å². The van der Waals surface area contributed by atoms with E-state index in [9.17, 15) is 4.79 Å². The summed E-state index contributed by atoms with van der Waals surface area (Å²) in [5.74, 6) is 0.125. The van der Waals surface area contributed by atoms with Crippen molar-refractivity contribution in [3.05, 3.63) is 35.4 Å². The average molecular weight is 232 g/mol. The number of rotatable bonds is 6. The Morgan fingerprint density at radius 3 is 2.94 bits per heavy atom. The molecule has 0 radical (unpaired) electrons. The molecule has 0 atom stereocenters. The Labute approximate surface area is 103 Å². The molecule has 0 bridgehead atoms. The van der Waals surface area contributed by atoms with Gasteiger partial charge in [0, 0.05) is 25.6 Å². The minimum absolute atomic E-state index is 0.125. The highest BCUT2D eigenvalue weighted by atomic mass is 16.1. The molecule has 2 N–H and O–H groups in total.